The Bertz CT molecular complexity index is 558. The first-order chi connectivity index (χ1) is 8.60. The molecule has 2 rings (SSSR count). The van der Waals surface area contributed by atoms with Crippen LogP contribution >= 0.6 is 0 Å². The van der Waals surface area contributed by atoms with Gasteiger partial charge in [-0.1, -0.05) is 12.1 Å². The molecule has 0 saturated heterocycles. The minimum absolute atomic E-state index is 0.00403. The van der Waals surface area contributed by atoms with Crippen LogP contribution in [-0.4, -0.2) is 20.8 Å². The topological polar surface area (TPSA) is 67.2 Å². The van der Waals surface area contributed by atoms with E-state index in [1.807, 2.05) is 0 Å². The predicted octanol–water partition coefficient (Wildman–Crippen LogP) is 1.47. The normalized spacial score (nSPS) is 10.4. The lowest BCUT2D eigenvalue weighted by Crippen LogP contribution is -2.12. The fourth-order valence-corrected chi connectivity index (χ4v) is 1.71. The van der Waals surface area contributed by atoms with Crippen molar-refractivity contribution >= 4 is 11.6 Å². The fourth-order valence-electron chi connectivity index (χ4n) is 1.71. The van der Waals surface area contributed by atoms with Crippen molar-refractivity contribution in [3.05, 3.63) is 47.3 Å². The summed E-state index contributed by atoms with van der Waals surface area (Å²) in [6.07, 6.45) is 1.69. The van der Waals surface area contributed by atoms with Gasteiger partial charge in [-0.15, -0.1) is 0 Å². The van der Waals surface area contributed by atoms with E-state index < -0.39 is 0 Å². The van der Waals surface area contributed by atoms with Crippen LogP contribution in [0.2, 0.25) is 0 Å². The molecule has 18 heavy (non-hydrogen) atoms. The highest BCUT2D eigenvalue weighted by atomic mass is 16.3. The van der Waals surface area contributed by atoms with Gasteiger partial charge in [0, 0.05) is 18.9 Å². The molecule has 2 N–H and O–H groups in total. The number of rotatable bonds is 3. The summed E-state index contributed by atoms with van der Waals surface area (Å²) in [5.74, 6) is -0.183. The van der Waals surface area contributed by atoms with Gasteiger partial charge in [-0.2, -0.15) is 5.10 Å². The number of aryl methyl sites for hydroxylation is 2. The van der Waals surface area contributed by atoms with Crippen LogP contribution in [0.5, 0.6) is 0 Å². The molecule has 5 heteroatoms. The lowest BCUT2D eigenvalue weighted by atomic mass is 10.2. The van der Waals surface area contributed by atoms with E-state index >= 15 is 0 Å². The number of hydrogen-bond acceptors (Lipinski definition) is 3. The molecule has 0 aliphatic carbocycles. The van der Waals surface area contributed by atoms with Crippen molar-refractivity contribution in [1.29, 1.82) is 0 Å². The second-order valence-electron chi connectivity index (χ2n) is 4.11. The van der Waals surface area contributed by atoms with Crippen LogP contribution in [-0.2, 0) is 13.7 Å². The number of aliphatic hydroxyl groups excluding tert-OH is 1. The van der Waals surface area contributed by atoms with Crippen molar-refractivity contribution < 1.29 is 9.90 Å². The Hall–Kier alpha value is -2.14. The van der Waals surface area contributed by atoms with Gasteiger partial charge in [0.05, 0.1) is 17.9 Å². The van der Waals surface area contributed by atoms with Gasteiger partial charge < -0.3 is 10.4 Å². The van der Waals surface area contributed by atoms with Crippen LogP contribution < -0.4 is 5.32 Å². The fraction of sp³-hybridized carbons (Fsp3) is 0.231. The number of anilines is 1. The van der Waals surface area contributed by atoms with E-state index in [1.54, 1.807) is 49.1 Å². The highest BCUT2D eigenvalue weighted by Crippen LogP contribution is 2.12. The molecular weight excluding hydrogens is 230 g/mol. The molecule has 1 heterocycles. The summed E-state index contributed by atoms with van der Waals surface area (Å²) >= 11 is 0. The number of hydrogen-bond donors (Lipinski definition) is 2. The van der Waals surface area contributed by atoms with Crippen LogP contribution in [0.25, 0.3) is 0 Å². The predicted molar refractivity (Wildman–Crippen MR) is 68.3 cm³/mol. The van der Waals surface area contributed by atoms with E-state index in [0.29, 0.717) is 16.9 Å². The SMILES string of the molecule is Cc1nn(C)cc1C(=O)Nc1ccc(CO)cc1. The number of aromatic nitrogens is 2. The molecule has 0 radical (unpaired) electrons. The number of nitrogens with one attached hydrogen (secondary N) is 1. The Morgan fingerprint density at radius 1 is 1.39 bits per heavy atom. The molecule has 0 aliphatic rings. The Kier molecular flexibility index (Phi) is 3.43. The summed E-state index contributed by atoms with van der Waals surface area (Å²) in [4.78, 5) is 12.0. The van der Waals surface area contributed by atoms with Crippen molar-refractivity contribution in [2.45, 2.75) is 13.5 Å². The van der Waals surface area contributed by atoms with Gasteiger partial charge in [0.2, 0.25) is 0 Å². The van der Waals surface area contributed by atoms with Crippen molar-refractivity contribution in [3.8, 4) is 0 Å². The Balaban J connectivity index is 2.13. The van der Waals surface area contributed by atoms with E-state index in [-0.39, 0.29) is 12.5 Å². The third-order valence-electron chi connectivity index (χ3n) is 2.65. The maximum absolute atomic E-state index is 12.0. The quantitative estimate of drug-likeness (QED) is 0.860. The van der Waals surface area contributed by atoms with Crippen molar-refractivity contribution in [3.63, 3.8) is 0 Å². The largest absolute Gasteiger partial charge is 0.392 e. The van der Waals surface area contributed by atoms with Gasteiger partial charge in [-0.25, -0.2) is 0 Å². The lowest BCUT2D eigenvalue weighted by Gasteiger charge is -2.04. The van der Waals surface area contributed by atoms with Crippen LogP contribution in [0.15, 0.2) is 30.5 Å². The molecule has 0 aliphatic heterocycles. The lowest BCUT2D eigenvalue weighted by molar-refractivity contribution is 0.102. The highest BCUT2D eigenvalue weighted by molar-refractivity contribution is 6.04. The van der Waals surface area contributed by atoms with Crippen LogP contribution in [0.3, 0.4) is 0 Å². The van der Waals surface area contributed by atoms with Crippen LogP contribution in [0.4, 0.5) is 5.69 Å². The van der Waals surface area contributed by atoms with Gasteiger partial charge in [-0.05, 0) is 24.6 Å². The zero-order chi connectivity index (χ0) is 13.1. The van der Waals surface area contributed by atoms with E-state index in [4.69, 9.17) is 5.11 Å². The second kappa shape index (κ2) is 5.01. The van der Waals surface area contributed by atoms with E-state index in [2.05, 4.69) is 10.4 Å². The molecule has 0 bridgehead atoms. The summed E-state index contributed by atoms with van der Waals surface area (Å²) in [7, 11) is 1.78. The van der Waals surface area contributed by atoms with E-state index in [1.165, 1.54) is 0 Å². The first-order valence-corrected chi connectivity index (χ1v) is 5.61. The Morgan fingerprint density at radius 2 is 2.06 bits per heavy atom. The third-order valence-corrected chi connectivity index (χ3v) is 2.65. The molecule has 1 aromatic heterocycles. The summed E-state index contributed by atoms with van der Waals surface area (Å²) in [5, 5.41) is 15.8. The number of amides is 1. The number of benzene rings is 1. The van der Waals surface area contributed by atoms with Gasteiger partial charge in [-0.3, -0.25) is 9.48 Å². The number of aliphatic hydroxyl groups is 1. The third kappa shape index (κ3) is 2.57. The second-order valence-corrected chi connectivity index (χ2v) is 4.11. The molecular formula is C13H15N3O2. The van der Waals surface area contributed by atoms with Gasteiger partial charge in [0.1, 0.15) is 0 Å². The molecule has 0 spiro atoms. The minimum Gasteiger partial charge on any atom is -0.392 e. The zero-order valence-electron chi connectivity index (χ0n) is 10.3. The molecule has 94 valence electrons. The van der Waals surface area contributed by atoms with Crippen LogP contribution in [0, 0.1) is 6.92 Å². The average Bonchev–Trinajstić information content (AvgIpc) is 2.69. The van der Waals surface area contributed by atoms with Gasteiger partial charge >= 0.3 is 0 Å². The Morgan fingerprint density at radius 3 is 2.56 bits per heavy atom. The summed E-state index contributed by atoms with van der Waals surface area (Å²) in [5.41, 5.74) is 2.76. The number of carbonyl (C=O) groups is 1. The summed E-state index contributed by atoms with van der Waals surface area (Å²) < 4.78 is 1.61. The van der Waals surface area contributed by atoms with Crippen molar-refractivity contribution in [1.82, 2.24) is 9.78 Å². The molecule has 5 nitrogen and oxygen atoms in total. The molecule has 0 saturated carbocycles. The van der Waals surface area contributed by atoms with E-state index in [9.17, 15) is 4.79 Å². The smallest absolute Gasteiger partial charge is 0.259 e. The minimum atomic E-state index is -0.183. The first kappa shape index (κ1) is 12.3. The standard InChI is InChI=1S/C13H15N3O2/c1-9-12(7-16(2)15-9)13(18)14-11-5-3-10(8-17)4-6-11/h3-7,17H,8H2,1-2H3,(H,14,18). The average molecular weight is 245 g/mol. The zero-order valence-corrected chi connectivity index (χ0v) is 10.3. The monoisotopic (exact) mass is 245 g/mol. The van der Waals surface area contributed by atoms with Crippen LogP contribution in [0.1, 0.15) is 21.6 Å². The van der Waals surface area contributed by atoms with Crippen molar-refractivity contribution in [2.24, 2.45) is 7.05 Å². The molecule has 1 aromatic carbocycles. The molecule has 2 aromatic rings. The highest BCUT2D eigenvalue weighted by Gasteiger charge is 2.12. The maximum Gasteiger partial charge on any atom is 0.259 e. The summed E-state index contributed by atoms with van der Waals surface area (Å²) in [6.45, 7) is 1.79. The molecule has 1 amide bonds. The maximum atomic E-state index is 12.0. The first-order valence-electron chi connectivity index (χ1n) is 5.61. The van der Waals surface area contributed by atoms with Gasteiger partial charge in [0.15, 0.2) is 0 Å². The summed E-state index contributed by atoms with van der Waals surface area (Å²) in [6, 6.07) is 7.06. The van der Waals surface area contributed by atoms with E-state index in [0.717, 1.165) is 5.56 Å². The number of nitrogens with zero attached hydrogens (tertiary/aromatic N) is 2. The molecule has 0 fully saturated rings. The van der Waals surface area contributed by atoms with Crippen molar-refractivity contribution in [2.75, 3.05) is 5.32 Å². The number of carbonyl (C=O) groups excluding carboxylic acids is 1. The van der Waals surface area contributed by atoms with Gasteiger partial charge in [0.25, 0.3) is 5.91 Å². The Labute approximate surface area is 105 Å². The molecule has 0 unspecified atom stereocenters. The molecule has 0 atom stereocenters.